The van der Waals surface area contributed by atoms with Gasteiger partial charge < -0.3 is 10.4 Å². The molecule has 1 saturated carbocycles. The molecule has 0 radical (unpaired) electrons. The zero-order valence-corrected chi connectivity index (χ0v) is 13.5. The van der Waals surface area contributed by atoms with Gasteiger partial charge in [-0.3, -0.25) is 9.59 Å². The van der Waals surface area contributed by atoms with Crippen LogP contribution in [0.15, 0.2) is 30.3 Å². The third kappa shape index (κ3) is 2.56. The van der Waals surface area contributed by atoms with Gasteiger partial charge in [0.15, 0.2) is 0 Å². The van der Waals surface area contributed by atoms with Crippen LogP contribution in [-0.2, 0) is 22.4 Å². The average molecular weight is 323 g/mol. The normalized spacial score (nSPS) is 22.5. The molecule has 0 aromatic heterocycles. The molecule has 0 atom stereocenters. The molecule has 0 aliphatic heterocycles. The summed E-state index contributed by atoms with van der Waals surface area (Å²) in [4.78, 5) is 23.7. The van der Waals surface area contributed by atoms with E-state index in [1.165, 1.54) is 16.5 Å². The van der Waals surface area contributed by atoms with Crippen molar-refractivity contribution in [3.05, 3.63) is 41.5 Å². The summed E-state index contributed by atoms with van der Waals surface area (Å²) in [6.07, 6.45) is 4.65. The molecule has 2 N–H and O–H groups in total. The van der Waals surface area contributed by atoms with Crippen LogP contribution in [0.3, 0.4) is 0 Å². The molecule has 124 valence electrons. The predicted molar refractivity (Wildman–Crippen MR) is 93.1 cm³/mol. The summed E-state index contributed by atoms with van der Waals surface area (Å²) >= 11 is 0. The van der Waals surface area contributed by atoms with E-state index in [4.69, 9.17) is 5.11 Å². The second-order valence-electron chi connectivity index (χ2n) is 6.99. The zero-order valence-electron chi connectivity index (χ0n) is 13.5. The Morgan fingerprint density at radius 2 is 1.58 bits per heavy atom. The maximum atomic E-state index is 12.6. The largest absolute Gasteiger partial charge is 0.481 e. The van der Waals surface area contributed by atoms with Gasteiger partial charge in [0.2, 0.25) is 5.91 Å². The van der Waals surface area contributed by atoms with Crippen LogP contribution in [0.1, 0.15) is 36.8 Å². The number of carboxylic acid groups (broad SMARTS) is 1. The average Bonchev–Trinajstić information content (AvgIpc) is 3.02. The number of amides is 1. The molecule has 1 fully saturated rings. The first-order valence-electron chi connectivity index (χ1n) is 8.70. The fourth-order valence-electron chi connectivity index (χ4n) is 4.19. The molecule has 4 nitrogen and oxygen atoms in total. The Hall–Kier alpha value is -2.36. The van der Waals surface area contributed by atoms with Crippen molar-refractivity contribution in [1.82, 2.24) is 0 Å². The lowest BCUT2D eigenvalue weighted by atomic mass is 9.81. The highest BCUT2D eigenvalue weighted by molar-refractivity contribution is 6.05. The number of anilines is 1. The lowest BCUT2D eigenvalue weighted by Crippen LogP contribution is -2.29. The summed E-state index contributed by atoms with van der Waals surface area (Å²) in [5.41, 5.74) is 3.60. The van der Waals surface area contributed by atoms with Crippen LogP contribution < -0.4 is 5.32 Å². The Balaban J connectivity index is 1.53. The monoisotopic (exact) mass is 323 g/mol. The second kappa shape index (κ2) is 5.93. The Labute approximate surface area is 140 Å². The zero-order chi connectivity index (χ0) is 16.7. The predicted octanol–water partition coefficient (Wildman–Crippen LogP) is 3.77. The first-order chi connectivity index (χ1) is 11.6. The van der Waals surface area contributed by atoms with E-state index >= 15 is 0 Å². The van der Waals surface area contributed by atoms with E-state index in [0.29, 0.717) is 25.7 Å². The molecule has 2 aromatic rings. The van der Waals surface area contributed by atoms with Gasteiger partial charge in [-0.25, -0.2) is 0 Å². The van der Waals surface area contributed by atoms with Crippen LogP contribution in [0.5, 0.6) is 0 Å². The molecule has 0 spiro atoms. The van der Waals surface area contributed by atoms with Gasteiger partial charge in [-0.15, -0.1) is 0 Å². The summed E-state index contributed by atoms with van der Waals surface area (Å²) in [7, 11) is 0. The van der Waals surface area contributed by atoms with Crippen molar-refractivity contribution in [2.24, 2.45) is 11.8 Å². The molecular weight excluding hydrogens is 302 g/mol. The van der Waals surface area contributed by atoms with Gasteiger partial charge in [0.1, 0.15) is 0 Å². The molecule has 4 rings (SSSR count). The van der Waals surface area contributed by atoms with E-state index in [1.54, 1.807) is 0 Å². The van der Waals surface area contributed by atoms with Crippen LogP contribution in [0.4, 0.5) is 5.69 Å². The molecule has 1 amide bonds. The van der Waals surface area contributed by atoms with E-state index in [0.717, 1.165) is 23.9 Å². The fraction of sp³-hybridized carbons (Fsp3) is 0.400. The smallest absolute Gasteiger partial charge is 0.306 e. The molecule has 0 saturated heterocycles. The lowest BCUT2D eigenvalue weighted by molar-refractivity contribution is -0.143. The van der Waals surface area contributed by atoms with Gasteiger partial charge in [-0.2, -0.15) is 0 Å². The first kappa shape index (κ1) is 15.2. The highest BCUT2D eigenvalue weighted by atomic mass is 16.4. The van der Waals surface area contributed by atoms with Crippen LogP contribution >= 0.6 is 0 Å². The molecule has 2 aliphatic rings. The summed E-state index contributed by atoms with van der Waals surface area (Å²) in [6.45, 7) is 0. The maximum absolute atomic E-state index is 12.6. The lowest BCUT2D eigenvalue weighted by Gasteiger charge is -2.25. The van der Waals surface area contributed by atoms with Gasteiger partial charge in [0, 0.05) is 17.0 Å². The van der Waals surface area contributed by atoms with E-state index in [1.807, 2.05) is 6.07 Å². The van der Waals surface area contributed by atoms with Crippen molar-refractivity contribution in [2.45, 2.75) is 38.5 Å². The van der Waals surface area contributed by atoms with Crippen molar-refractivity contribution >= 4 is 28.3 Å². The number of aryl methyl sites for hydroxylation is 2. The Morgan fingerprint density at radius 1 is 0.917 bits per heavy atom. The highest BCUT2D eigenvalue weighted by Gasteiger charge is 2.30. The maximum Gasteiger partial charge on any atom is 0.306 e. The van der Waals surface area contributed by atoms with Gasteiger partial charge in [-0.1, -0.05) is 24.3 Å². The van der Waals surface area contributed by atoms with Gasteiger partial charge >= 0.3 is 5.97 Å². The van der Waals surface area contributed by atoms with Crippen molar-refractivity contribution < 1.29 is 14.7 Å². The third-order valence-electron chi connectivity index (χ3n) is 5.58. The van der Waals surface area contributed by atoms with Gasteiger partial charge in [0.25, 0.3) is 0 Å². The van der Waals surface area contributed by atoms with E-state index < -0.39 is 5.97 Å². The molecule has 0 heterocycles. The van der Waals surface area contributed by atoms with Crippen LogP contribution in [0, 0.1) is 11.8 Å². The Morgan fingerprint density at radius 3 is 2.29 bits per heavy atom. The SMILES string of the molecule is O=C(O)C1CCC(C(=O)Nc2ccc3c4c(cccc24)CC3)CC1. The minimum atomic E-state index is -0.735. The third-order valence-corrected chi connectivity index (χ3v) is 5.58. The Bertz CT molecular complexity index is 809. The quantitative estimate of drug-likeness (QED) is 0.903. The topological polar surface area (TPSA) is 66.4 Å². The summed E-state index contributed by atoms with van der Waals surface area (Å²) in [5.74, 6) is -1.08. The van der Waals surface area contributed by atoms with Gasteiger partial charge in [-0.05, 0) is 61.1 Å². The van der Waals surface area contributed by atoms with Crippen LogP contribution in [0.2, 0.25) is 0 Å². The minimum Gasteiger partial charge on any atom is -0.481 e. The summed E-state index contributed by atoms with van der Waals surface area (Å²) < 4.78 is 0. The van der Waals surface area contributed by atoms with Crippen molar-refractivity contribution in [3.8, 4) is 0 Å². The molecule has 0 bridgehead atoms. The van der Waals surface area contributed by atoms with E-state index in [2.05, 4.69) is 29.6 Å². The van der Waals surface area contributed by atoms with Crippen molar-refractivity contribution in [2.75, 3.05) is 5.32 Å². The highest BCUT2D eigenvalue weighted by Crippen LogP contribution is 2.36. The molecule has 2 aromatic carbocycles. The number of carbonyl (C=O) groups is 2. The number of hydrogen-bond acceptors (Lipinski definition) is 2. The molecule has 24 heavy (non-hydrogen) atoms. The van der Waals surface area contributed by atoms with Crippen molar-refractivity contribution in [1.29, 1.82) is 0 Å². The second-order valence-corrected chi connectivity index (χ2v) is 6.99. The number of nitrogens with one attached hydrogen (secondary N) is 1. The molecular formula is C20H21NO3. The number of carboxylic acids is 1. The standard InChI is InChI=1S/C20H21NO3/c22-19(14-6-8-15(9-7-14)20(23)24)21-17-11-10-13-5-4-12-2-1-3-16(17)18(12)13/h1-3,10-11,14-15H,4-9H2,(H,21,22)(H,23,24). The van der Waals surface area contributed by atoms with Crippen molar-refractivity contribution in [3.63, 3.8) is 0 Å². The van der Waals surface area contributed by atoms with E-state index in [-0.39, 0.29) is 17.7 Å². The number of hydrogen-bond donors (Lipinski definition) is 2. The molecule has 2 aliphatic carbocycles. The number of benzene rings is 2. The van der Waals surface area contributed by atoms with Gasteiger partial charge in [0.05, 0.1) is 5.92 Å². The number of aliphatic carboxylic acids is 1. The molecule has 0 unspecified atom stereocenters. The molecule has 4 heteroatoms. The fourth-order valence-corrected chi connectivity index (χ4v) is 4.19. The van der Waals surface area contributed by atoms with Crippen LogP contribution in [-0.4, -0.2) is 17.0 Å². The minimum absolute atomic E-state index is 0.0255. The summed E-state index contributed by atoms with van der Waals surface area (Å²) in [5, 5.41) is 14.6. The first-order valence-corrected chi connectivity index (χ1v) is 8.70. The number of carbonyl (C=O) groups excluding carboxylic acids is 1. The van der Waals surface area contributed by atoms with Crippen LogP contribution in [0.25, 0.3) is 10.8 Å². The van der Waals surface area contributed by atoms with E-state index in [9.17, 15) is 9.59 Å². The number of rotatable bonds is 3. The summed E-state index contributed by atoms with van der Waals surface area (Å²) in [6, 6.07) is 10.4. The Kier molecular flexibility index (Phi) is 3.75.